The molecule has 94 valence electrons. The van der Waals surface area contributed by atoms with Gasteiger partial charge in [-0.2, -0.15) is 13.2 Å². The number of carbonyl (C=O) groups excluding carboxylic acids is 1. The largest absolute Gasteiger partial charge is 0.446 e. The fourth-order valence-corrected chi connectivity index (χ4v) is 1.82. The third-order valence-corrected chi connectivity index (χ3v) is 2.92. The number of alkyl halides is 3. The number of halogens is 3. The first-order valence-electron chi connectivity index (χ1n) is 4.92. The van der Waals surface area contributed by atoms with Crippen molar-refractivity contribution < 1.29 is 18.0 Å². The smallest absolute Gasteiger partial charge is 0.369 e. The lowest BCUT2D eigenvalue weighted by Gasteiger charge is -2.09. The van der Waals surface area contributed by atoms with Gasteiger partial charge in [-0.05, 0) is 35.9 Å². The molecule has 0 saturated carbocycles. The van der Waals surface area contributed by atoms with E-state index >= 15 is 0 Å². The van der Waals surface area contributed by atoms with Crippen molar-refractivity contribution in [3.63, 3.8) is 0 Å². The molecule has 2 nitrogen and oxygen atoms in total. The minimum atomic E-state index is -4.28. The van der Waals surface area contributed by atoms with Gasteiger partial charge in [-0.1, -0.05) is 19.1 Å². The van der Waals surface area contributed by atoms with E-state index in [0.717, 1.165) is 5.56 Å². The highest BCUT2D eigenvalue weighted by molar-refractivity contribution is 8.00. The minimum Gasteiger partial charge on any atom is -0.369 e. The normalized spacial score (nSPS) is 13.4. The van der Waals surface area contributed by atoms with Crippen molar-refractivity contribution in [3.05, 3.63) is 29.8 Å². The number of primary amides is 1. The topological polar surface area (TPSA) is 43.1 Å². The quantitative estimate of drug-likeness (QED) is 0.849. The number of benzene rings is 1. The van der Waals surface area contributed by atoms with Crippen molar-refractivity contribution in [1.29, 1.82) is 0 Å². The second-order valence-electron chi connectivity index (χ2n) is 3.70. The minimum absolute atomic E-state index is 0.132. The van der Waals surface area contributed by atoms with Crippen molar-refractivity contribution in [2.75, 3.05) is 0 Å². The molecule has 0 saturated heterocycles. The molecule has 1 aromatic rings. The third kappa shape index (κ3) is 5.12. The molecule has 0 aliphatic rings. The Balaban J connectivity index is 2.65. The molecule has 0 radical (unpaired) electrons. The molecule has 1 rings (SSSR count). The molecule has 1 aromatic carbocycles. The third-order valence-electron chi connectivity index (χ3n) is 2.18. The number of thioether (sulfide) groups is 1. The maximum atomic E-state index is 12.1. The molecule has 1 atom stereocenters. The number of carbonyl (C=O) groups is 1. The standard InChI is InChI=1S/C11H12F3NOS/c1-7(10(15)16)6-8-2-4-9(5-3-8)17-11(12,13)14/h2-5,7H,6H2,1H3,(H2,15,16)/t7-/m1/s1. The first-order chi connectivity index (χ1) is 7.78. The summed E-state index contributed by atoms with van der Waals surface area (Å²) in [5.74, 6) is -0.741. The Hall–Kier alpha value is -1.17. The Morgan fingerprint density at radius 2 is 1.88 bits per heavy atom. The van der Waals surface area contributed by atoms with E-state index in [-0.39, 0.29) is 22.6 Å². The molecule has 2 N–H and O–H groups in total. The second-order valence-corrected chi connectivity index (χ2v) is 4.84. The van der Waals surface area contributed by atoms with Crippen molar-refractivity contribution in [2.24, 2.45) is 11.7 Å². The summed E-state index contributed by atoms with van der Waals surface area (Å²) in [7, 11) is 0. The van der Waals surface area contributed by atoms with Gasteiger partial charge < -0.3 is 5.73 Å². The SMILES string of the molecule is C[C@H](Cc1ccc(SC(F)(F)F)cc1)C(N)=O. The lowest BCUT2D eigenvalue weighted by molar-refractivity contribution is -0.121. The van der Waals surface area contributed by atoms with E-state index in [1.807, 2.05) is 0 Å². The molecule has 0 aromatic heterocycles. The summed E-state index contributed by atoms with van der Waals surface area (Å²) in [6.45, 7) is 1.68. The van der Waals surface area contributed by atoms with Crippen LogP contribution in [-0.2, 0) is 11.2 Å². The van der Waals surface area contributed by atoms with E-state index < -0.39 is 11.4 Å². The molecule has 0 spiro atoms. The van der Waals surface area contributed by atoms with Crippen LogP contribution >= 0.6 is 11.8 Å². The average molecular weight is 263 g/mol. The Morgan fingerprint density at radius 1 is 1.35 bits per heavy atom. The zero-order valence-electron chi connectivity index (χ0n) is 9.12. The fourth-order valence-electron chi connectivity index (χ4n) is 1.28. The molecule has 0 aliphatic heterocycles. The monoisotopic (exact) mass is 263 g/mol. The van der Waals surface area contributed by atoms with Crippen LogP contribution in [0.15, 0.2) is 29.2 Å². The summed E-state index contributed by atoms with van der Waals surface area (Å²) in [6, 6.07) is 5.93. The Bertz CT molecular complexity index is 389. The Kier molecular flexibility index (Phi) is 4.45. The molecular weight excluding hydrogens is 251 g/mol. The second kappa shape index (κ2) is 5.44. The zero-order valence-corrected chi connectivity index (χ0v) is 9.94. The molecule has 0 bridgehead atoms. The molecule has 0 fully saturated rings. The summed E-state index contributed by atoms with van der Waals surface area (Å²) < 4.78 is 36.2. The van der Waals surface area contributed by atoms with Crippen molar-refractivity contribution in [2.45, 2.75) is 23.7 Å². The van der Waals surface area contributed by atoms with E-state index in [2.05, 4.69) is 0 Å². The maximum absolute atomic E-state index is 12.1. The number of nitrogens with two attached hydrogens (primary N) is 1. The van der Waals surface area contributed by atoms with Crippen LogP contribution in [0.3, 0.4) is 0 Å². The predicted octanol–water partition coefficient (Wildman–Crippen LogP) is 2.96. The van der Waals surface area contributed by atoms with Crippen molar-refractivity contribution in [1.82, 2.24) is 0 Å². The van der Waals surface area contributed by atoms with Gasteiger partial charge in [0, 0.05) is 10.8 Å². The molecule has 0 unspecified atom stereocenters. The van der Waals surface area contributed by atoms with Crippen LogP contribution in [0.2, 0.25) is 0 Å². The van der Waals surface area contributed by atoms with Crippen LogP contribution < -0.4 is 5.73 Å². The van der Waals surface area contributed by atoms with Crippen LogP contribution in [0.25, 0.3) is 0 Å². The van der Waals surface area contributed by atoms with Crippen LogP contribution in [0.4, 0.5) is 13.2 Å². The van der Waals surface area contributed by atoms with E-state index in [0.29, 0.717) is 6.42 Å². The molecule has 17 heavy (non-hydrogen) atoms. The van der Waals surface area contributed by atoms with Gasteiger partial charge in [0.05, 0.1) is 0 Å². The van der Waals surface area contributed by atoms with Crippen LogP contribution in [-0.4, -0.2) is 11.4 Å². The lowest BCUT2D eigenvalue weighted by atomic mass is 10.0. The maximum Gasteiger partial charge on any atom is 0.446 e. The Labute approximate surface area is 101 Å². The van der Waals surface area contributed by atoms with E-state index in [9.17, 15) is 18.0 Å². The van der Waals surface area contributed by atoms with Gasteiger partial charge in [0.15, 0.2) is 0 Å². The van der Waals surface area contributed by atoms with Gasteiger partial charge in [0.25, 0.3) is 0 Å². The summed E-state index contributed by atoms with van der Waals surface area (Å²) >= 11 is -0.157. The summed E-state index contributed by atoms with van der Waals surface area (Å²) in [5, 5.41) is 0. The van der Waals surface area contributed by atoms with Crippen LogP contribution in [0.5, 0.6) is 0 Å². The molecule has 0 aliphatic carbocycles. The van der Waals surface area contributed by atoms with Gasteiger partial charge in [-0.15, -0.1) is 0 Å². The predicted molar refractivity (Wildman–Crippen MR) is 60.4 cm³/mol. The first kappa shape index (κ1) is 13.9. The van der Waals surface area contributed by atoms with Gasteiger partial charge in [-0.25, -0.2) is 0 Å². The Morgan fingerprint density at radius 3 is 2.29 bits per heavy atom. The van der Waals surface area contributed by atoms with Crippen LogP contribution in [0, 0.1) is 5.92 Å². The van der Waals surface area contributed by atoms with Gasteiger partial charge in [0.2, 0.25) is 5.91 Å². The fraction of sp³-hybridized carbons (Fsp3) is 0.364. The highest BCUT2D eigenvalue weighted by Gasteiger charge is 2.29. The zero-order chi connectivity index (χ0) is 13.1. The molecule has 6 heteroatoms. The molecule has 1 amide bonds. The number of rotatable bonds is 4. The summed E-state index contributed by atoms with van der Waals surface area (Å²) in [5.41, 5.74) is 1.62. The first-order valence-corrected chi connectivity index (χ1v) is 5.73. The summed E-state index contributed by atoms with van der Waals surface area (Å²) in [6.07, 6.45) is 0.437. The van der Waals surface area contributed by atoms with Gasteiger partial charge in [-0.3, -0.25) is 4.79 Å². The lowest BCUT2D eigenvalue weighted by Crippen LogP contribution is -2.22. The van der Waals surface area contributed by atoms with E-state index in [4.69, 9.17) is 5.73 Å². The van der Waals surface area contributed by atoms with E-state index in [1.54, 1.807) is 19.1 Å². The number of amides is 1. The number of hydrogen-bond acceptors (Lipinski definition) is 2. The van der Waals surface area contributed by atoms with Crippen LogP contribution in [0.1, 0.15) is 12.5 Å². The highest BCUT2D eigenvalue weighted by atomic mass is 32.2. The van der Waals surface area contributed by atoms with Crippen molar-refractivity contribution >= 4 is 17.7 Å². The van der Waals surface area contributed by atoms with E-state index in [1.165, 1.54) is 12.1 Å². The van der Waals surface area contributed by atoms with Gasteiger partial charge in [0.1, 0.15) is 0 Å². The number of hydrogen-bond donors (Lipinski definition) is 1. The summed E-state index contributed by atoms with van der Waals surface area (Å²) in [4.78, 5) is 11.0. The average Bonchev–Trinajstić information content (AvgIpc) is 2.18. The van der Waals surface area contributed by atoms with Crippen molar-refractivity contribution in [3.8, 4) is 0 Å². The molecule has 0 heterocycles. The highest BCUT2D eigenvalue weighted by Crippen LogP contribution is 2.36. The molecular formula is C11H12F3NOS. The van der Waals surface area contributed by atoms with Gasteiger partial charge >= 0.3 is 5.51 Å².